The Kier molecular flexibility index (Phi) is 2.12. The van der Waals surface area contributed by atoms with Gasteiger partial charge in [0.15, 0.2) is 0 Å². The molecule has 4 aliphatic rings. The number of rotatable bonds is 1. The van der Waals surface area contributed by atoms with Crippen molar-refractivity contribution in [1.82, 2.24) is 0 Å². The van der Waals surface area contributed by atoms with E-state index in [9.17, 15) is 0 Å². The van der Waals surface area contributed by atoms with E-state index >= 15 is 0 Å². The summed E-state index contributed by atoms with van der Waals surface area (Å²) < 4.78 is 12.4. The molecule has 0 N–H and O–H groups in total. The first-order valence-corrected chi connectivity index (χ1v) is 6.68. The standard InChI is InChI=1S/C13H23BO2/c1-8(2)14-15-11-10-6-9(12(10,3)4)7-13(11,5)16-14/h8-11H,6-7H2,1-5H3/t9-,10+,11-,13+/m1/s1. The normalized spacial score (nSPS) is 49.1. The molecule has 0 aromatic heterocycles. The van der Waals surface area contributed by atoms with E-state index in [1.54, 1.807) is 0 Å². The summed E-state index contributed by atoms with van der Waals surface area (Å²) in [7, 11) is 0.0187. The van der Waals surface area contributed by atoms with Crippen molar-refractivity contribution in [2.24, 2.45) is 17.3 Å². The Balaban J connectivity index is 1.85. The minimum atomic E-state index is -0.00194. The van der Waals surface area contributed by atoms with Gasteiger partial charge in [0, 0.05) is 0 Å². The van der Waals surface area contributed by atoms with Gasteiger partial charge in [-0.2, -0.15) is 0 Å². The Morgan fingerprint density at radius 1 is 1.25 bits per heavy atom. The van der Waals surface area contributed by atoms with Crippen LogP contribution in [-0.4, -0.2) is 18.8 Å². The Morgan fingerprint density at radius 2 is 1.94 bits per heavy atom. The van der Waals surface area contributed by atoms with Crippen LogP contribution < -0.4 is 0 Å². The molecule has 3 aliphatic carbocycles. The summed E-state index contributed by atoms with van der Waals surface area (Å²) in [5, 5.41) is 0. The van der Waals surface area contributed by atoms with Crippen LogP contribution >= 0.6 is 0 Å². The second-order valence-corrected chi connectivity index (χ2v) is 7.16. The van der Waals surface area contributed by atoms with Gasteiger partial charge in [0.25, 0.3) is 0 Å². The first-order chi connectivity index (χ1) is 7.34. The Bertz CT molecular complexity index is 315. The highest BCUT2D eigenvalue weighted by Crippen LogP contribution is 2.64. The smallest absolute Gasteiger partial charge is 0.405 e. The molecule has 0 unspecified atom stereocenters. The molecule has 2 bridgehead atoms. The lowest BCUT2D eigenvalue weighted by Gasteiger charge is -2.63. The lowest BCUT2D eigenvalue weighted by molar-refractivity contribution is -0.185. The summed E-state index contributed by atoms with van der Waals surface area (Å²) in [6.07, 6.45) is 2.87. The van der Waals surface area contributed by atoms with E-state index in [1.165, 1.54) is 12.8 Å². The maximum Gasteiger partial charge on any atom is 0.460 e. The average Bonchev–Trinajstić information content (AvgIpc) is 2.54. The van der Waals surface area contributed by atoms with E-state index in [4.69, 9.17) is 9.31 Å². The van der Waals surface area contributed by atoms with Crippen molar-refractivity contribution in [3.63, 3.8) is 0 Å². The molecule has 0 radical (unpaired) electrons. The van der Waals surface area contributed by atoms with Crippen molar-refractivity contribution < 1.29 is 9.31 Å². The van der Waals surface area contributed by atoms with Gasteiger partial charge in [-0.05, 0) is 42.8 Å². The largest absolute Gasteiger partial charge is 0.460 e. The van der Waals surface area contributed by atoms with Gasteiger partial charge >= 0.3 is 7.12 Å². The molecular weight excluding hydrogens is 199 g/mol. The third-order valence-electron chi connectivity index (χ3n) is 5.38. The summed E-state index contributed by atoms with van der Waals surface area (Å²) in [4.78, 5) is 0. The van der Waals surface area contributed by atoms with Crippen molar-refractivity contribution >= 4 is 7.12 Å². The van der Waals surface area contributed by atoms with Crippen LogP contribution in [0.4, 0.5) is 0 Å². The zero-order chi connectivity index (χ0) is 11.7. The molecule has 2 nitrogen and oxygen atoms in total. The van der Waals surface area contributed by atoms with Crippen LogP contribution in [-0.2, 0) is 9.31 Å². The predicted octanol–water partition coefficient (Wildman–Crippen LogP) is 3.12. The van der Waals surface area contributed by atoms with Gasteiger partial charge < -0.3 is 9.31 Å². The maximum absolute atomic E-state index is 6.19. The van der Waals surface area contributed by atoms with E-state index in [0.717, 1.165) is 5.92 Å². The average molecular weight is 222 g/mol. The van der Waals surface area contributed by atoms with Crippen LogP contribution in [0.2, 0.25) is 5.82 Å². The topological polar surface area (TPSA) is 18.5 Å². The molecule has 4 atom stereocenters. The second kappa shape index (κ2) is 3.05. The van der Waals surface area contributed by atoms with Crippen molar-refractivity contribution in [2.45, 2.75) is 65.0 Å². The van der Waals surface area contributed by atoms with Crippen LogP contribution in [0.1, 0.15) is 47.5 Å². The monoisotopic (exact) mass is 222 g/mol. The fraction of sp³-hybridized carbons (Fsp3) is 1.00. The molecule has 90 valence electrons. The van der Waals surface area contributed by atoms with E-state index in [-0.39, 0.29) is 12.7 Å². The van der Waals surface area contributed by atoms with Crippen LogP contribution in [0.25, 0.3) is 0 Å². The second-order valence-electron chi connectivity index (χ2n) is 7.16. The van der Waals surface area contributed by atoms with Crippen LogP contribution in [0, 0.1) is 17.3 Å². The molecule has 0 aromatic carbocycles. The molecule has 0 amide bonds. The molecule has 1 saturated heterocycles. The molecule has 3 heteroatoms. The first-order valence-electron chi connectivity index (χ1n) is 6.68. The zero-order valence-corrected chi connectivity index (χ0v) is 11.1. The summed E-state index contributed by atoms with van der Waals surface area (Å²) in [6, 6.07) is 0. The van der Waals surface area contributed by atoms with Crippen LogP contribution in [0.5, 0.6) is 0 Å². The third kappa shape index (κ3) is 1.22. The molecular formula is C13H23BO2. The molecule has 4 fully saturated rings. The van der Waals surface area contributed by atoms with Crippen molar-refractivity contribution in [3.8, 4) is 0 Å². The van der Waals surface area contributed by atoms with Gasteiger partial charge in [-0.15, -0.1) is 0 Å². The van der Waals surface area contributed by atoms with E-state index in [0.29, 0.717) is 23.3 Å². The van der Waals surface area contributed by atoms with Gasteiger partial charge in [0.1, 0.15) is 0 Å². The van der Waals surface area contributed by atoms with Crippen molar-refractivity contribution in [3.05, 3.63) is 0 Å². The van der Waals surface area contributed by atoms with E-state index < -0.39 is 0 Å². The highest BCUT2D eigenvalue weighted by Gasteiger charge is 2.66. The van der Waals surface area contributed by atoms with E-state index in [2.05, 4.69) is 34.6 Å². The molecule has 4 rings (SSSR count). The fourth-order valence-corrected chi connectivity index (χ4v) is 4.03. The number of hydrogen-bond donors (Lipinski definition) is 0. The summed E-state index contributed by atoms with van der Waals surface area (Å²) in [5.41, 5.74) is 0.470. The molecule has 1 heterocycles. The summed E-state index contributed by atoms with van der Waals surface area (Å²) >= 11 is 0. The predicted molar refractivity (Wildman–Crippen MR) is 65.2 cm³/mol. The van der Waals surface area contributed by atoms with Gasteiger partial charge in [-0.1, -0.05) is 27.7 Å². The van der Waals surface area contributed by atoms with Gasteiger partial charge in [-0.25, -0.2) is 0 Å². The molecule has 0 aromatic rings. The zero-order valence-electron chi connectivity index (χ0n) is 11.1. The van der Waals surface area contributed by atoms with Crippen LogP contribution in [0.3, 0.4) is 0 Å². The first kappa shape index (κ1) is 11.1. The SMILES string of the molecule is CC(C)B1O[C@@H]2[C@@H]3C[C@H](C[C@]2(C)O1)C3(C)C. The van der Waals surface area contributed by atoms with E-state index in [1.807, 2.05) is 0 Å². The summed E-state index contributed by atoms with van der Waals surface area (Å²) in [5.74, 6) is 2.01. The minimum Gasteiger partial charge on any atom is -0.405 e. The van der Waals surface area contributed by atoms with Gasteiger partial charge in [-0.3, -0.25) is 0 Å². The molecule has 1 aliphatic heterocycles. The molecule has 16 heavy (non-hydrogen) atoms. The summed E-state index contributed by atoms with van der Waals surface area (Å²) in [6.45, 7) is 11.4. The Morgan fingerprint density at radius 3 is 2.50 bits per heavy atom. The lowest BCUT2D eigenvalue weighted by atomic mass is 9.45. The van der Waals surface area contributed by atoms with Crippen molar-refractivity contribution in [2.75, 3.05) is 0 Å². The highest BCUT2D eigenvalue weighted by molar-refractivity contribution is 6.47. The van der Waals surface area contributed by atoms with Crippen molar-refractivity contribution in [1.29, 1.82) is 0 Å². The Labute approximate surface area is 99.2 Å². The minimum absolute atomic E-state index is 0.00194. The highest BCUT2D eigenvalue weighted by atomic mass is 16.7. The van der Waals surface area contributed by atoms with Gasteiger partial charge in [0.05, 0.1) is 11.7 Å². The van der Waals surface area contributed by atoms with Crippen LogP contribution in [0.15, 0.2) is 0 Å². The maximum atomic E-state index is 6.19. The lowest BCUT2D eigenvalue weighted by Crippen LogP contribution is -2.63. The third-order valence-corrected chi connectivity index (χ3v) is 5.38. The number of hydrogen-bond acceptors (Lipinski definition) is 2. The van der Waals surface area contributed by atoms with Gasteiger partial charge in [0.2, 0.25) is 0 Å². The fourth-order valence-electron chi connectivity index (χ4n) is 4.03. The quantitative estimate of drug-likeness (QED) is 0.634. The molecule has 0 spiro atoms. The molecule has 3 saturated carbocycles. The Hall–Kier alpha value is -0.0151.